The van der Waals surface area contributed by atoms with Gasteiger partial charge in [0.25, 0.3) is 0 Å². The number of hydrogen-bond donors (Lipinski definition) is 0. The van der Waals surface area contributed by atoms with Crippen LogP contribution in [0.15, 0.2) is 75.6 Å². The van der Waals surface area contributed by atoms with Crippen molar-refractivity contribution in [3.63, 3.8) is 0 Å². The van der Waals surface area contributed by atoms with E-state index in [1.165, 1.54) is 25.6 Å². The van der Waals surface area contributed by atoms with Gasteiger partial charge < -0.3 is 14.3 Å². The summed E-state index contributed by atoms with van der Waals surface area (Å²) < 4.78 is 10.6. The molecule has 0 atom stereocenters. The van der Waals surface area contributed by atoms with Crippen molar-refractivity contribution in [1.29, 1.82) is 0 Å². The number of carbonyl (C=O) groups excluding carboxylic acids is 3. The highest BCUT2D eigenvalue weighted by atomic mass is 32.2. The van der Waals surface area contributed by atoms with E-state index in [9.17, 15) is 14.4 Å². The summed E-state index contributed by atoms with van der Waals surface area (Å²) in [5.41, 5.74) is 0.867. The summed E-state index contributed by atoms with van der Waals surface area (Å²) in [6.45, 7) is 7.92. The SMILES string of the molecule is C=C(C)C(=O)OCCC(=S)Oc1ccc(Sc2ccc(C(=O)/C(C)=N/OC(C)=O)cc2)cc1. The molecule has 0 amide bonds. The zero-order valence-corrected chi connectivity index (χ0v) is 20.1. The average molecular weight is 486 g/mol. The van der Waals surface area contributed by atoms with E-state index in [4.69, 9.17) is 21.7 Å². The van der Waals surface area contributed by atoms with Gasteiger partial charge in [-0.15, -0.1) is 0 Å². The Kier molecular flexibility index (Phi) is 9.96. The summed E-state index contributed by atoms with van der Waals surface area (Å²) in [5, 5.41) is 3.83. The molecule has 9 heteroatoms. The molecule has 0 radical (unpaired) electrons. The van der Waals surface area contributed by atoms with Crippen LogP contribution in [-0.2, 0) is 19.2 Å². The molecule has 0 fully saturated rings. The van der Waals surface area contributed by atoms with Crippen molar-refractivity contribution in [2.24, 2.45) is 5.16 Å². The first-order valence-corrected chi connectivity index (χ1v) is 11.1. The molecule has 0 unspecified atom stereocenters. The van der Waals surface area contributed by atoms with Gasteiger partial charge in [-0.2, -0.15) is 0 Å². The van der Waals surface area contributed by atoms with Crippen LogP contribution in [0.1, 0.15) is 37.6 Å². The number of ketones is 1. The molecule has 172 valence electrons. The second kappa shape index (κ2) is 12.7. The molecule has 0 heterocycles. The Morgan fingerprint density at radius 3 is 2.09 bits per heavy atom. The first kappa shape index (κ1) is 26.0. The van der Waals surface area contributed by atoms with E-state index in [-0.39, 0.29) is 18.1 Å². The molecule has 0 aliphatic carbocycles. The lowest BCUT2D eigenvalue weighted by atomic mass is 10.1. The maximum atomic E-state index is 12.3. The Bertz CT molecular complexity index is 1080. The zero-order chi connectivity index (χ0) is 24.4. The summed E-state index contributed by atoms with van der Waals surface area (Å²) in [5.74, 6) is -0.781. The van der Waals surface area contributed by atoms with E-state index in [0.717, 1.165) is 9.79 Å². The van der Waals surface area contributed by atoms with Crippen LogP contribution in [0.3, 0.4) is 0 Å². The van der Waals surface area contributed by atoms with Crippen molar-refractivity contribution in [2.45, 2.75) is 37.0 Å². The van der Waals surface area contributed by atoms with Gasteiger partial charge in [-0.25, -0.2) is 9.59 Å². The van der Waals surface area contributed by atoms with Crippen LogP contribution in [-0.4, -0.2) is 35.1 Å². The molecule has 0 aliphatic rings. The highest BCUT2D eigenvalue weighted by Crippen LogP contribution is 2.29. The molecule has 7 nitrogen and oxygen atoms in total. The number of thiocarbonyl (C=S) groups is 1. The van der Waals surface area contributed by atoms with Gasteiger partial charge in [0.15, 0.2) is 5.05 Å². The van der Waals surface area contributed by atoms with Crippen LogP contribution >= 0.6 is 24.0 Å². The average Bonchev–Trinajstić information content (AvgIpc) is 2.78. The minimum absolute atomic E-state index is 0.0908. The van der Waals surface area contributed by atoms with E-state index >= 15 is 0 Å². The fourth-order valence-corrected chi connectivity index (χ4v) is 3.30. The third kappa shape index (κ3) is 8.99. The van der Waals surface area contributed by atoms with Crippen LogP contribution in [0.2, 0.25) is 0 Å². The number of nitrogens with zero attached hydrogens (tertiary/aromatic N) is 1. The summed E-state index contributed by atoms with van der Waals surface area (Å²) in [7, 11) is 0. The fourth-order valence-electron chi connectivity index (χ4n) is 2.30. The van der Waals surface area contributed by atoms with Crippen LogP contribution < -0.4 is 4.74 Å². The first-order chi connectivity index (χ1) is 15.7. The predicted molar refractivity (Wildman–Crippen MR) is 130 cm³/mol. The van der Waals surface area contributed by atoms with Gasteiger partial charge in [-0.1, -0.05) is 23.5 Å². The number of carbonyl (C=O) groups is 3. The van der Waals surface area contributed by atoms with E-state index in [2.05, 4.69) is 16.6 Å². The number of benzene rings is 2. The summed E-state index contributed by atoms with van der Waals surface area (Å²) in [4.78, 5) is 40.9. The molecule has 0 bridgehead atoms. The highest BCUT2D eigenvalue weighted by Gasteiger charge is 2.11. The quantitative estimate of drug-likeness (QED) is 0.0865. The van der Waals surface area contributed by atoms with Gasteiger partial charge in [-0.3, -0.25) is 4.79 Å². The lowest BCUT2D eigenvalue weighted by Gasteiger charge is -2.09. The van der Waals surface area contributed by atoms with Crippen LogP contribution in [0.25, 0.3) is 0 Å². The Balaban J connectivity index is 1.88. The van der Waals surface area contributed by atoms with E-state index in [0.29, 0.717) is 28.4 Å². The van der Waals surface area contributed by atoms with Crippen molar-refractivity contribution >= 4 is 52.5 Å². The zero-order valence-electron chi connectivity index (χ0n) is 18.5. The largest absolute Gasteiger partial charge is 0.462 e. The molecule has 0 aliphatic heterocycles. The summed E-state index contributed by atoms with van der Waals surface area (Å²) in [6.07, 6.45) is 0.307. The molecule has 0 saturated carbocycles. The Labute approximate surface area is 201 Å². The molecule has 0 saturated heterocycles. The van der Waals surface area contributed by atoms with Crippen molar-refractivity contribution in [3.05, 3.63) is 66.2 Å². The van der Waals surface area contributed by atoms with E-state index in [1.54, 1.807) is 31.2 Å². The lowest BCUT2D eigenvalue weighted by Crippen LogP contribution is -2.12. The third-order valence-corrected chi connectivity index (χ3v) is 5.24. The predicted octanol–water partition coefficient (Wildman–Crippen LogP) is 5.18. The Hall–Kier alpha value is -3.30. The van der Waals surface area contributed by atoms with Gasteiger partial charge >= 0.3 is 11.9 Å². The molecule has 33 heavy (non-hydrogen) atoms. The van der Waals surface area contributed by atoms with Gasteiger partial charge in [0.05, 0.1) is 13.0 Å². The lowest BCUT2D eigenvalue weighted by molar-refractivity contribution is -0.141. The molecule has 2 rings (SSSR count). The smallest absolute Gasteiger partial charge is 0.333 e. The minimum Gasteiger partial charge on any atom is -0.462 e. The van der Waals surface area contributed by atoms with Gasteiger partial charge in [0.2, 0.25) is 5.78 Å². The minimum atomic E-state index is -0.587. The maximum absolute atomic E-state index is 12.3. The maximum Gasteiger partial charge on any atom is 0.333 e. The number of ether oxygens (including phenoxy) is 2. The van der Waals surface area contributed by atoms with Gasteiger partial charge in [-0.05, 0) is 74.6 Å². The normalized spacial score (nSPS) is 10.8. The third-order valence-electron chi connectivity index (χ3n) is 3.94. The molecule has 0 aromatic heterocycles. The molecule has 0 N–H and O–H groups in total. The molecule has 0 spiro atoms. The fraction of sp³-hybridized carbons (Fsp3) is 0.208. The van der Waals surface area contributed by atoms with Crippen LogP contribution in [0.4, 0.5) is 0 Å². The van der Waals surface area contributed by atoms with E-state index in [1.807, 2.05) is 24.3 Å². The van der Waals surface area contributed by atoms with Crippen molar-refractivity contribution < 1.29 is 28.7 Å². The number of rotatable bonds is 10. The first-order valence-electron chi connectivity index (χ1n) is 9.84. The Morgan fingerprint density at radius 2 is 1.55 bits per heavy atom. The van der Waals surface area contributed by atoms with Crippen molar-refractivity contribution in [2.75, 3.05) is 6.61 Å². The standard InChI is InChI=1S/C24H23NO6S2/c1-15(2)24(28)29-14-13-22(32)30-19-7-11-21(12-8-19)33-20-9-5-18(6-10-20)23(27)16(3)25-31-17(4)26/h5-12H,1,13-14H2,2-4H3/b25-16+. The van der Waals surface area contributed by atoms with Gasteiger partial charge in [0.1, 0.15) is 11.5 Å². The second-order valence-electron chi connectivity index (χ2n) is 6.83. The van der Waals surface area contributed by atoms with Crippen molar-refractivity contribution in [1.82, 2.24) is 0 Å². The molecular weight excluding hydrogens is 462 g/mol. The number of oxime groups is 1. The number of hydrogen-bond acceptors (Lipinski definition) is 9. The summed E-state index contributed by atoms with van der Waals surface area (Å²) >= 11 is 6.68. The molecular formula is C24H23NO6S2. The Morgan fingerprint density at radius 1 is 0.970 bits per heavy atom. The van der Waals surface area contributed by atoms with E-state index < -0.39 is 11.9 Å². The van der Waals surface area contributed by atoms with Crippen LogP contribution in [0.5, 0.6) is 5.75 Å². The molecule has 2 aromatic carbocycles. The van der Waals surface area contributed by atoms with Gasteiger partial charge in [0, 0.05) is 27.9 Å². The second-order valence-corrected chi connectivity index (χ2v) is 8.43. The van der Waals surface area contributed by atoms with Crippen LogP contribution in [0, 0.1) is 0 Å². The topological polar surface area (TPSA) is 91.3 Å². The molecule has 2 aromatic rings. The number of Topliss-reactive ketones (excluding diaryl/α,β-unsaturated/α-hetero) is 1. The number of esters is 1. The van der Waals surface area contributed by atoms with Crippen molar-refractivity contribution in [3.8, 4) is 5.75 Å². The monoisotopic (exact) mass is 485 g/mol. The highest BCUT2D eigenvalue weighted by molar-refractivity contribution is 7.99. The summed E-state index contributed by atoms with van der Waals surface area (Å²) in [6, 6.07) is 14.4.